The molecule has 0 unspecified atom stereocenters. The first-order valence-electron chi connectivity index (χ1n) is 4.06. The van der Waals surface area contributed by atoms with Crippen molar-refractivity contribution in [3.8, 4) is 0 Å². The molecule has 0 aliphatic rings. The first kappa shape index (κ1) is 9.08. The minimum Gasteiger partial charge on any atom is -0.387 e. The van der Waals surface area contributed by atoms with Crippen molar-refractivity contribution in [3.05, 3.63) is 21.6 Å². The van der Waals surface area contributed by atoms with Crippen LogP contribution in [0.1, 0.15) is 0 Å². The standard InChI is InChI=1S/C8H9ClN4O/c1-10-4-3-5(9)11-7-6(4)8(14)13(2)12-7/h3H,1-2H3,(H2,10,11,12). The van der Waals surface area contributed by atoms with Crippen molar-refractivity contribution in [1.29, 1.82) is 0 Å². The van der Waals surface area contributed by atoms with Crippen LogP contribution in [0.25, 0.3) is 11.0 Å². The lowest BCUT2D eigenvalue weighted by molar-refractivity contribution is 0.748. The van der Waals surface area contributed by atoms with E-state index in [1.54, 1.807) is 20.2 Å². The SMILES string of the molecule is CNc1cc(Cl)nc2[nH]n(C)c(=O)c12. The Morgan fingerprint density at radius 3 is 3.00 bits per heavy atom. The van der Waals surface area contributed by atoms with Gasteiger partial charge in [-0.3, -0.25) is 14.6 Å². The van der Waals surface area contributed by atoms with Gasteiger partial charge in [0, 0.05) is 14.1 Å². The van der Waals surface area contributed by atoms with Gasteiger partial charge in [-0.05, 0) is 6.07 Å². The number of nitrogens with one attached hydrogen (secondary N) is 2. The second-order valence-corrected chi connectivity index (χ2v) is 3.33. The van der Waals surface area contributed by atoms with Crippen molar-refractivity contribution in [2.24, 2.45) is 7.05 Å². The molecule has 0 saturated carbocycles. The molecule has 2 N–H and O–H groups in total. The highest BCUT2D eigenvalue weighted by atomic mass is 35.5. The third-order valence-corrected chi connectivity index (χ3v) is 2.24. The minimum absolute atomic E-state index is 0.117. The number of halogens is 1. The van der Waals surface area contributed by atoms with Crippen LogP contribution in [-0.2, 0) is 7.05 Å². The molecule has 2 aromatic rings. The van der Waals surface area contributed by atoms with Crippen LogP contribution in [0.2, 0.25) is 5.15 Å². The molecule has 0 aromatic carbocycles. The number of nitrogens with zero attached hydrogens (tertiary/aromatic N) is 2. The van der Waals surface area contributed by atoms with Gasteiger partial charge in [0.25, 0.3) is 5.56 Å². The summed E-state index contributed by atoms with van der Waals surface area (Å²) < 4.78 is 1.37. The molecule has 2 heterocycles. The molecule has 0 radical (unpaired) electrons. The van der Waals surface area contributed by atoms with Gasteiger partial charge in [-0.25, -0.2) is 4.98 Å². The van der Waals surface area contributed by atoms with Crippen LogP contribution in [0, 0.1) is 0 Å². The molecule has 2 rings (SSSR count). The molecular weight excluding hydrogens is 204 g/mol. The monoisotopic (exact) mass is 212 g/mol. The molecule has 74 valence electrons. The highest BCUT2D eigenvalue weighted by Gasteiger charge is 2.10. The quantitative estimate of drug-likeness (QED) is 0.692. The molecule has 0 amide bonds. The summed E-state index contributed by atoms with van der Waals surface area (Å²) in [5, 5.41) is 6.60. The highest BCUT2D eigenvalue weighted by molar-refractivity contribution is 6.30. The molecule has 2 aromatic heterocycles. The molecular formula is C8H9ClN4O. The van der Waals surface area contributed by atoms with E-state index in [1.165, 1.54) is 4.68 Å². The van der Waals surface area contributed by atoms with Gasteiger partial charge in [-0.1, -0.05) is 11.6 Å². The van der Waals surface area contributed by atoms with Gasteiger partial charge in [0.2, 0.25) is 0 Å². The van der Waals surface area contributed by atoms with Crippen LogP contribution in [0.3, 0.4) is 0 Å². The number of hydrogen-bond donors (Lipinski definition) is 2. The number of aromatic amines is 1. The third kappa shape index (κ3) is 1.17. The molecule has 14 heavy (non-hydrogen) atoms. The Hall–Kier alpha value is -1.49. The lowest BCUT2D eigenvalue weighted by atomic mass is 10.3. The number of fused-ring (bicyclic) bond motifs is 1. The summed E-state index contributed by atoms with van der Waals surface area (Å²) in [4.78, 5) is 15.6. The molecule has 5 nitrogen and oxygen atoms in total. The Kier molecular flexibility index (Phi) is 1.96. The van der Waals surface area contributed by atoms with Crippen molar-refractivity contribution in [2.45, 2.75) is 0 Å². The lowest BCUT2D eigenvalue weighted by Crippen LogP contribution is -2.12. The highest BCUT2D eigenvalue weighted by Crippen LogP contribution is 2.20. The predicted molar refractivity (Wildman–Crippen MR) is 55.9 cm³/mol. The number of pyridine rings is 1. The Bertz CT molecular complexity index is 542. The Balaban J connectivity index is 2.96. The number of rotatable bonds is 1. The molecule has 0 spiro atoms. The van der Waals surface area contributed by atoms with Gasteiger partial charge < -0.3 is 5.32 Å². The van der Waals surface area contributed by atoms with Gasteiger partial charge >= 0.3 is 0 Å². The average molecular weight is 213 g/mol. The number of H-pyrrole nitrogens is 1. The fraction of sp³-hybridized carbons (Fsp3) is 0.250. The number of hydrogen-bond acceptors (Lipinski definition) is 3. The topological polar surface area (TPSA) is 62.7 Å². The van der Waals surface area contributed by atoms with E-state index in [-0.39, 0.29) is 5.56 Å². The molecule has 0 saturated heterocycles. The summed E-state index contributed by atoms with van der Waals surface area (Å²) in [6.45, 7) is 0. The summed E-state index contributed by atoms with van der Waals surface area (Å²) in [7, 11) is 3.37. The summed E-state index contributed by atoms with van der Waals surface area (Å²) in [5.74, 6) is 0. The zero-order chi connectivity index (χ0) is 10.3. The first-order chi connectivity index (χ1) is 6.63. The predicted octanol–water partition coefficient (Wildman–Crippen LogP) is 0.957. The van der Waals surface area contributed by atoms with Crippen LogP contribution in [-0.4, -0.2) is 21.8 Å². The molecule has 0 bridgehead atoms. The second-order valence-electron chi connectivity index (χ2n) is 2.94. The van der Waals surface area contributed by atoms with Crippen molar-refractivity contribution >= 4 is 28.3 Å². The largest absolute Gasteiger partial charge is 0.387 e. The number of aromatic nitrogens is 3. The van der Waals surface area contributed by atoms with Crippen LogP contribution in [0.5, 0.6) is 0 Å². The first-order valence-corrected chi connectivity index (χ1v) is 4.44. The zero-order valence-corrected chi connectivity index (χ0v) is 8.51. The van der Waals surface area contributed by atoms with Crippen LogP contribution in [0.15, 0.2) is 10.9 Å². The van der Waals surface area contributed by atoms with E-state index >= 15 is 0 Å². The van der Waals surface area contributed by atoms with E-state index in [9.17, 15) is 4.79 Å². The number of anilines is 1. The maximum absolute atomic E-state index is 11.6. The van der Waals surface area contributed by atoms with Crippen LogP contribution in [0.4, 0.5) is 5.69 Å². The van der Waals surface area contributed by atoms with Crippen molar-refractivity contribution in [3.63, 3.8) is 0 Å². The molecule has 0 aliphatic heterocycles. The molecule has 0 atom stereocenters. The molecule has 0 fully saturated rings. The van der Waals surface area contributed by atoms with Crippen LogP contribution < -0.4 is 10.9 Å². The summed E-state index contributed by atoms with van der Waals surface area (Å²) in [6.07, 6.45) is 0. The van der Waals surface area contributed by atoms with E-state index < -0.39 is 0 Å². The average Bonchev–Trinajstić information content (AvgIpc) is 2.41. The smallest absolute Gasteiger partial charge is 0.277 e. The minimum atomic E-state index is -0.117. The normalized spacial score (nSPS) is 10.8. The van der Waals surface area contributed by atoms with Gasteiger partial charge in [-0.15, -0.1) is 0 Å². The number of aryl methyl sites for hydroxylation is 1. The summed E-state index contributed by atoms with van der Waals surface area (Å²) in [6, 6.07) is 1.62. The fourth-order valence-electron chi connectivity index (χ4n) is 1.39. The maximum atomic E-state index is 11.6. The van der Waals surface area contributed by atoms with E-state index in [0.717, 1.165) is 0 Å². The second kappa shape index (κ2) is 3.02. The molecule has 6 heteroatoms. The van der Waals surface area contributed by atoms with E-state index in [4.69, 9.17) is 11.6 Å². The van der Waals surface area contributed by atoms with Crippen LogP contribution >= 0.6 is 11.6 Å². The van der Waals surface area contributed by atoms with Gasteiger partial charge in [0.1, 0.15) is 10.5 Å². The third-order valence-electron chi connectivity index (χ3n) is 2.05. The summed E-state index contributed by atoms with van der Waals surface area (Å²) >= 11 is 5.78. The Labute approximate surface area is 84.7 Å². The van der Waals surface area contributed by atoms with Crippen molar-refractivity contribution < 1.29 is 0 Å². The van der Waals surface area contributed by atoms with E-state index in [2.05, 4.69) is 15.4 Å². The Morgan fingerprint density at radius 2 is 2.36 bits per heavy atom. The van der Waals surface area contributed by atoms with Gasteiger partial charge in [-0.2, -0.15) is 0 Å². The lowest BCUT2D eigenvalue weighted by Gasteiger charge is -1.99. The Morgan fingerprint density at radius 1 is 1.64 bits per heavy atom. The van der Waals surface area contributed by atoms with Crippen molar-refractivity contribution in [2.75, 3.05) is 12.4 Å². The fourth-order valence-corrected chi connectivity index (χ4v) is 1.58. The van der Waals surface area contributed by atoms with Gasteiger partial charge in [0.15, 0.2) is 5.65 Å². The summed E-state index contributed by atoms with van der Waals surface area (Å²) in [5.41, 5.74) is 1.06. The van der Waals surface area contributed by atoms with E-state index in [0.29, 0.717) is 21.9 Å². The molecule has 0 aliphatic carbocycles. The zero-order valence-electron chi connectivity index (χ0n) is 7.76. The van der Waals surface area contributed by atoms with Crippen molar-refractivity contribution in [1.82, 2.24) is 14.8 Å². The van der Waals surface area contributed by atoms with Gasteiger partial charge in [0.05, 0.1) is 5.69 Å². The van der Waals surface area contributed by atoms with E-state index in [1.807, 2.05) is 0 Å². The maximum Gasteiger partial charge on any atom is 0.277 e.